The SMILES string of the molecule is COc1ccc(CNC(=O)C(=O)NCCCc2ccccc2)cc1. The molecule has 0 saturated carbocycles. The van der Waals surface area contributed by atoms with Crippen molar-refractivity contribution >= 4 is 11.8 Å². The maximum atomic E-state index is 11.8. The molecule has 5 nitrogen and oxygen atoms in total. The fourth-order valence-corrected chi connectivity index (χ4v) is 2.23. The van der Waals surface area contributed by atoms with E-state index >= 15 is 0 Å². The molecule has 2 aromatic carbocycles. The van der Waals surface area contributed by atoms with Crippen LogP contribution in [0, 0.1) is 0 Å². The maximum absolute atomic E-state index is 11.8. The minimum atomic E-state index is -0.620. The number of methoxy groups -OCH3 is 1. The van der Waals surface area contributed by atoms with Crippen molar-refractivity contribution < 1.29 is 14.3 Å². The highest BCUT2D eigenvalue weighted by Gasteiger charge is 2.12. The first-order valence-electron chi connectivity index (χ1n) is 7.92. The van der Waals surface area contributed by atoms with Crippen LogP contribution in [0.5, 0.6) is 5.75 Å². The van der Waals surface area contributed by atoms with E-state index in [4.69, 9.17) is 4.74 Å². The lowest BCUT2D eigenvalue weighted by molar-refractivity contribution is -0.139. The molecule has 0 aliphatic rings. The van der Waals surface area contributed by atoms with Gasteiger partial charge in [-0.05, 0) is 36.1 Å². The lowest BCUT2D eigenvalue weighted by Gasteiger charge is -2.07. The number of ether oxygens (including phenoxy) is 1. The van der Waals surface area contributed by atoms with Crippen molar-refractivity contribution in [1.82, 2.24) is 10.6 Å². The largest absolute Gasteiger partial charge is 0.497 e. The molecule has 24 heavy (non-hydrogen) atoms. The molecule has 2 N–H and O–H groups in total. The molecule has 0 heterocycles. The zero-order valence-electron chi connectivity index (χ0n) is 13.7. The molecule has 0 fully saturated rings. The van der Waals surface area contributed by atoms with Gasteiger partial charge in [-0.1, -0.05) is 42.5 Å². The monoisotopic (exact) mass is 326 g/mol. The van der Waals surface area contributed by atoms with E-state index in [1.54, 1.807) is 7.11 Å². The van der Waals surface area contributed by atoms with Crippen molar-refractivity contribution in [3.63, 3.8) is 0 Å². The summed E-state index contributed by atoms with van der Waals surface area (Å²) in [5.41, 5.74) is 2.12. The molecule has 0 aliphatic heterocycles. The average molecular weight is 326 g/mol. The Labute approximate surface area is 142 Å². The molecule has 0 saturated heterocycles. The van der Waals surface area contributed by atoms with Crippen LogP contribution in [0.4, 0.5) is 0 Å². The van der Waals surface area contributed by atoms with E-state index in [1.807, 2.05) is 54.6 Å². The Balaban J connectivity index is 1.65. The van der Waals surface area contributed by atoms with Crippen LogP contribution in [-0.4, -0.2) is 25.5 Å². The van der Waals surface area contributed by atoms with Gasteiger partial charge in [-0.25, -0.2) is 0 Å². The zero-order chi connectivity index (χ0) is 17.2. The number of hydrogen-bond acceptors (Lipinski definition) is 3. The summed E-state index contributed by atoms with van der Waals surface area (Å²) in [6.45, 7) is 0.782. The number of nitrogens with one attached hydrogen (secondary N) is 2. The molecule has 0 aliphatic carbocycles. The van der Waals surface area contributed by atoms with E-state index in [9.17, 15) is 9.59 Å². The van der Waals surface area contributed by atoms with Crippen LogP contribution < -0.4 is 15.4 Å². The van der Waals surface area contributed by atoms with Gasteiger partial charge < -0.3 is 15.4 Å². The Hall–Kier alpha value is -2.82. The summed E-state index contributed by atoms with van der Waals surface area (Å²) in [7, 11) is 1.60. The topological polar surface area (TPSA) is 67.4 Å². The number of hydrogen-bond donors (Lipinski definition) is 2. The fourth-order valence-electron chi connectivity index (χ4n) is 2.23. The normalized spacial score (nSPS) is 10.0. The molecule has 126 valence electrons. The number of carbonyl (C=O) groups excluding carboxylic acids is 2. The Morgan fingerprint density at radius 2 is 1.54 bits per heavy atom. The Morgan fingerprint density at radius 3 is 2.21 bits per heavy atom. The first-order chi connectivity index (χ1) is 11.7. The summed E-state index contributed by atoms with van der Waals surface area (Å²) in [5, 5.41) is 5.24. The van der Waals surface area contributed by atoms with Gasteiger partial charge in [0.25, 0.3) is 0 Å². The van der Waals surface area contributed by atoms with Crippen molar-refractivity contribution in [3.05, 3.63) is 65.7 Å². The first kappa shape index (κ1) is 17.5. The lowest BCUT2D eigenvalue weighted by atomic mass is 10.1. The number of aryl methyl sites for hydroxylation is 1. The fraction of sp³-hybridized carbons (Fsp3) is 0.263. The third-order valence-electron chi connectivity index (χ3n) is 3.59. The highest BCUT2D eigenvalue weighted by molar-refractivity contribution is 6.35. The predicted octanol–water partition coefficient (Wildman–Crippen LogP) is 2.06. The first-order valence-corrected chi connectivity index (χ1v) is 7.92. The molecule has 2 aromatic rings. The second kappa shape index (κ2) is 9.35. The van der Waals surface area contributed by atoms with Crippen LogP contribution in [0.1, 0.15) is 17.5 Å². The Kier molecular flexibility index (Phi) is 6.83. The van der Waals surface area contributed by atoms with Crippen molar-refractivity contribution in [2.75, 3.05) is 13.7 Å². The molecular formula is C19H22N2O3. The van der Waals surface area contributed by atoms with Crippen molar-refractivity contribution in [2.45, 2.75) is 19.4 Å². The van der Waals surface area contributed by atoms with Crippen LogP contribution in [-0.2, 0) is 22.6 Å². The molecule has 5 heteroatoms. The molecule has 0 bridgehead atoms. The van der Waals surface area contributed by atoms with E-state index in [1.165, 1.54) is 5.56 Å². The lowest BCUT2D eigenvalue weighted by Crippen LogP contribution is -2.40. The summed E-state index contributed by atoms with van der Waals surface area (Å²) in [4.78, 5) is 23.5. The van der Waals surface area contributed by atoms with E-state index in [0.29, 0.717) is 13.1 Å². The van der Waals surface area contributed by atoms with Crippen LogP contribution in [0.25, 0.3) is 0 Å². The van der Waals surface area contributed by atoms with Gasteiger partial charge in [0, 0.05) is 13.1 Å². The third-order valence-corrected chi connectivity index (χ3v) is 3.59. The predicted molar refractivity (Wildman–Crippen MR) is 92.6 cm³/mol. The van der Waals surface area contributed by atoms with Crippen LogP contribution in [0.3, 0.4) is 0 Å². The minimum absolute atomic E-state index is 0.306. The Bertz CT molecular complexity index is 654. The van der Waals surface area contributed by atoms with Crippen LogP contribution in [0.15, 0.2) is 54.6 Å². The summed E-state index contributed by atoms with van der Waals surface area (Å²) in [6.07, 6.45) is 1.66. The van der Waals surface area contributed by atoms with Gasteiger partial charge in [-0.2, -0.15) is 0 Å². The van der Waals surface area contributed by atoms with E-state index in [-0.39, 0.29) is 0 Å². The maximum Gasteiger partial charge on any atom is 0.309 e. The summed E-state index contributed by atoms with van der Waals surface area (Å²) in [6, 6.07) is 17.3. The minimum Gasteiger partial charge on any atom is -0.497 e. The van der Waals surface area contributed by atoms with E-state index < -0.39 is 11.8 Å². The smallest absolute Gasteiger partial charge is 0.309 e. The Morgan fingerprint density at radius 1 is 0.875 bits per heavy atom. The van der Waals surface area contributed by atoms with Gasteiger partial charge >= 0.3 is 11.8 Å². The molecular weight excluding hydrogens is 304 g/mol. The molecule has 0 aromatic heterocycles. The van der Waals surface area contributed by atoms with E-state index in [2.05, 4.69) is 10.6 Å². The quantitative estimate of drug-likeness (QED) is 0.604. The molecule has 0 atom stereocenters. The second-order valence-electron chi connectivity index (χ2n) is 5.38. The standard InChI is InChI=1S/C19H22N2O3/c1-24-17-11-9-16(10-12-17)14-21-19(23)18(22)20-13-5-8-15-6-3-2-4-7-15/h2-4,6-7,9-12H,5,8,13-14H2,1H3,(H,20,22)(H,21,23). The second-order valence-corrected chi connectivity index (χ2v) is 5.38. The number of carbonyl (C=O) groups is 2. The molecule has 0 spiro atoms. The highest BCUT2D eigenvalue weighted by atomic mass is 16.5. The highest BCUT2D eigenvalue weighted by Crippen LogP contribution is 2.10. The molecule has 2 amide bonds. The molecule has 2 rings (SSSR count). The van der Waals surface area contributed by atoms with Gasteiger partial charge in [0.05, 0.1) is 7.11 Å². The average Bonchev–Trinajstić information content (AvgIpc) is 2.64. The number of rotatable bonds is 7. The van der Waals surface area contributed by atoms with Crippen molar-refractivity contribution in [2.24, 2.45) is 0 Å². The molecule has 0 radical (unpaired) electrons. The summed E-state index contributed by atoms with van der Waals surface area (Å²) in [5.74, 6) is -0.469. The zero-order valence-corrected chi connectivity index (χ0v) is 13.7. The third kappa shape index (κ3) is 5.76. The summed E-state index contributed by atoms with van der Waals surface area (Å²) < 4.78 is 5.07. The van der Waals surface area contributed by atoms with Gasteiger partial charge in [-0.3, -0.25) is 9.59 Å². The van der Waals surface area contributed by atoms with Crippen LogP contribution >= 0.6 is 0 Å². The number of amides is 2. The number of benzene rings is 2. The van der Waals surface area contributed by atoms with Crippen molar-refractivity contribution in [1.29, 1.82) is 0 Å². The van der Waals surface area contributed by atoms with E-state index in [0.717, 1.165) is 24.2 Å². The van der Waals surface area contributed by atoms with Gasteiger partial charge in [0.2, 0.25) is 0 Å². The van der Waals surface area contributed by atoms with Crippen molar-refractivity contribution in [3.8, 4) is 5.75 Å². The van der Waals surface area contributed by atoms with Gasteiger partial charge in [-0.15, -0.1) is 0 Å². The van der Waals surface area contributed by atoms with Gasteiger partial charge in [0.1, 0.15) is 5.75 Å². The van der Waals surface area contributed by atoms with Gasteiger partial charge in [0.15, 0.2) is 0 Å². The van der Waals surface area contributed by atoms with Crippen LogP contribution in [0.2, 0.25) is 0 Å². The molecule has 0 unspecified atom stereocenters. The summed E-state index contributed by atoms with van der Waals surface area (Å²) >= 11 is 0.